The van der Waals surface area contributed by atoms with Gasteiger partial charge in [0.25, 0.3) is 0 Å². The van der Waals surface area contributed by atoms with Gasteiger partial charge in [0.05, 0.1) is 11.4 Å². The number of nitrogens with zero attached hydrogens (tertiary/aromatic N) is 4. The van der Waals surface area contributed by atoms with Crippen molar-refractivity contribution in [1.82, 2.24) is 19.7 Å². The predicted octanol–water partition coefficient (Wildman–Crippen LogP) is 5.46. The molecule has 2 N–H and O–H groups in total. The second-order valence-electron chi connectivity index (χ2n) is 10.1. The number of ketones is 1. The van der Waals surface area contributed by atoms with Crippen LogP contribution >= 0.6 is 0 Å². The molecule has 1 unspecified atom stereocenters. The van der Waals surface area contributed by atoms with E-state index in [1.54, 1.807) is 12.3 Å². The number of amides is 1. The molecule has 1 aliphatic heterocycles. The molecule has 2 aromatic carbocycles. The first-order valence-corrected chi connectivity index (χ1v) is 13.1. The number of anilines is 1. The molecule has 7 nitrogen and oxygen atoms in total. The Hall–Kier alpha value is -4.26. The zero-order valence-electron chi connectivity index (χ0n) is 22.0. The zero-order valence-corrected chi connectivity index (χ0v) is 22.0. The highest BCUT2D eigenvalue weighted by Gasteiger charge is 2.27. The number of benzene rings is 2. The Morgan fingerprint density at radius 1 is 1.11 bits per heavy atom. The van der Waals surface area contributed by atoms with Crippen molar-refractivity contribution in [2.24, 2.45) is 0 Å². The fourth-order valence-corrected chi connectivity index (χ4v) is 5.49. The summed E-state index contributed by atoms with van der Waals surface area (Å²) in [5.74, 6) is 0.107. The maximum Gasteiger partial charge on any atom is 0.246 e. The minimum atomic E-state index is -0.0643. The Kier molecular flexibility index (Phi) is 7.09. The molecule has 7 heteroatoms. The molecule has 4 aromatic rings. The lowest BCUT2D eigenvalue weighted by atomic mass is 9.95. The van der Waals surface area contributed by atoms with Crippen LogP contribution in [0.1, 0.15) is 52.4 Å². The van der Waals surface area contributed by atoms with Gasteiger partial charge in [0.2, 0.25) is 5.91 Å². The molecule has 5 rings (SSSR count). The average molecular weight is 508 g/mol. The highest BCUT2D eigenvalue weighted by molar-refractivity contribution is 6.00. The third-order valence-corrected chi connectivity index (χ3v) is 7.48. The number of hydrogen-bond donors (Lipinski definition) is 1. The summed E-state index contributed by atoms with van der Waals surface area (Å²) in [4.78, 5) is 31.6. The van der Waals surface area contributed by atoms with Gasteiger partial charge in [-0.15, -0.1) is 0 Å². The van der Waals surface area contributed by atoms with Crippen LogP contribution in [0.5, 0.6) is 0 Å². The van der Waals surface area contributed by atoms with Crippen LogP contribution in [0.2, 0.25) is 0 Å². The lowest BCUT2D eigenvalue weighted by molar-refractivity contribution is -0.127. The van der Waals surface area contributed by atoms with Crippen molar-refractivity contribution in [2.75, 3.05) is 18.8 Å². The molecule has 1 amide bonds. The largest absolute Gasteiger partial charge is 0.398 e. The monoisotopic (exact) mass is 507 g/mol. The number of aromatic nitrogens is 3. The molecule has 1 fully saturated rings. The van der Waals surface area contributed by atoms with E-state index in [4.69, 9.17) is 10.8 Å². The molecular weight excluding hydrogens is 474 g/mol. The number of nitrogen functional groups attached to an aromatic ring is 1. The van der Waals surface area contributed by atoms with E-state index in [0.717, 1.165) is 63.9 Å². The van der Waals surface area contributed by atoms with Crippen molar-refractivity contribution < 1.29 is 9.59 Å². The van der Waals surface area contributed by atoms with E-state index in [1.807, 2.05) is 53.8 Å². The summed E-state index contributed by atoms with van der Waals surface area (Å²) in [6.45, 7) is 8.88. The second-order valence-corrected chi connectivity index (χ2v) is 10.1. The van der Waals surface area contributed by atoms with E-state index in [2.05, 4.69) is 23.7 Å². The van der Waals surface area contributed by atoms with Gasteiger partial charge in [-0.3, -0.25) is 9.59 Å². The van der Waals surface area contributed by atoms with Crippen molar-refractivity contribution in [3.63, 3.8) is 0 Å². The number of pyridine rings is 1. The van der Waals surface area contributed by atoms with Crippen molar-refractivity contribution in [2.45, 2.75) is 45.6 Å². The van der Waals surface area contributed by atoms with Crippen LogP contribution in [0, 0.1) is 13.8 Å². The number of piperidine rings is 1. The number of fused-ring (bicyclic) bond motifs is 1. The summed E-state index contributed by atoms with van der Waals surface area (Å²) in [6, 6.07) is 15.9. The van der Waals surface area contributed by atoms with E-state index in [1.165, 1.54) is 6.08 Å². The fourth-order valence-electron chi connectivity index (χ4n) is 5.49. The van der Waals surface area contributed by atoms with Crippen LogP contribution in [0.15, 0.2) is 67.4 Å². The van der Waals surface area contributed by atoms with E-state index in [-0.39, 0.29) is 17.7 Å². The van der Waals surface area contributed by atoms with Gasteiger partial charge in [-0.05, 0) is 61.9 Å². The number of Topliss-reactive ketones (excluding diaryl/α,β-unsaturated/α-hetero) is 1. The van der Waals surface area contributed by atoms with E-state index < -0.39 is 0 Å². The number of rotatable bonds is 7. The molecule has 1 aliphatic rings. The lowest BCUT2D eigenvalue weighted by Crippen LogP contribution is -2.40. The molecule has 38 heavy (non-hydrogen) atoms. The average Bonchev–Trinajstić information content (AvgIpc) is 3.33. The maximum atomic E-state index is 12.9. The summed E-state index contributed by atoms with van der Waals surface area (Å²) >= 11 is 0. The summed E-state index contributed by atoms with van der Waals surface area (Å²) < 4.78 is 1.93. The molecule has 0 spiro atoms. The van der Waals surface area contributed by atoms with Gasteiger partial charge in [0.1, 0.15) is 5.69 Å². The summed E-state index contributed by atoms with van der Waals surface area (Å²) in [5, 5.41) is 5.80. The highest BCUT2D eigenvalue weighted by Crippen LogP contribution is 2.34. The zero-order chi connectivity index (χ0) is 26.8. The van der Waals surface area contributed by atoms with Gasteiger partial charge in [0, 0.05) is 42.5 Å². The van der Waals surface area contributed by atoms with Gasteiger partial charge in [-0.1, -0.05) is 49.0 Å². The van der Waals surface area contributed by atoms with Gasteiger partial charge in [0.15, 0.2) is 11.4 Å². The Morgan fingerprint density at radius 3 is 2.55 bits per heavy atom. The summed E-state index contributed by atoms with van der Waals surface area (Å²) in [5.41, 5.74) is 13.4. The fraction of sp³-hybridized carbons (Fsp3) is 0.290. The first kappa shape index (κ1) is 25.4. The van der Waals surface area contributed by atoms with Crippen LogP contribution in [0.3, 0.4) is 0 Å². The molecular formula is C31H33N5O2. The van der Waals surface area contributed by atoms with Gasteiger partial charge in [-0.25, -0.2) is 9.67 Å². The number of carbonyl (C=O) groups excluding carboxylic acids is 2. The van der Waals surface area contributed by atoms with Gasteiger partial charge < -0.3 is 10.6 Å². The van der Waals surface area contributed by atoms with Crippen molar-refractivity contribution in [1.29, 1.82) is 0 Å². The topological polar surface area (TPSA) is 94.1 Å². The van der Waals surface area contributed by atoms with Gasteiger partial charge >= 0.3 is 0 Å². The standard InChI is InChI=1S/C31H33N5O2/c1-4-27(38)35-18-6-9-24(19-35)36-31-29(25(32)16-17-33-31)30(34-36)23-13-10-22(11-14-23)12-15-26(37)28-20(2)7-5-8-21(28)3/h4-5,7-8,10-11,13-14,16-17,24H,1,6,9,12,15,18-19H2,2-3H3,(H2,32,33). The maximum absolute atomic E-state index is 12.9. The molecule has 194 valence electrons. The Bertz CT molecular complexity index is 1500. The quantitative estimate of drug-likeness (QED) is 0.265. The minimum absolute atomic E-state index is 0.00776. The SMILES string of the molecule is C=CC(=O)N1CCCC(n2nc(-c3ccc(CCC(=O)c4c(C)cccc4C)cc3)c3c(N)ccnc32)C1. The third-order valence-electron chi connectivity index (χ3n) is 7.48. The van der Waals surface area contributed by atoms with Gasteiger partial charge in [-0.2, -0.15) is 5.10 Å². The third kappa shape index (κ3) is 4.84. The molecule has 1 saturated heterocycles. The molecule has 3 heterocycles. The first-order valence-electron chi connectivity index (χ1n) is 13.1. The number of aryl methyl sites for hydroxylation is 3. The Balaban J connectivity index is 1.40. The van der Waals surface area contributed by atoms with E-state index >= 15 is 0 Å². The summed E-state index contributed by atoms with van der Waals surface area (Å²) in [7, 11) is 0. The molecule has 0 aliphatic carbocycles. The van der Waals surface area contributed by atoms with Crippen LogP contribution in [0.25, 0.3) is 22.3 Å². The molecule has 0 bridgehead atoms. The predicted molar refractivity (Wildman–Crippen MR) is 151 cm³/mol. The van der Waals surface area contributed by atoms with Crippen molar-refractivity contribution in [3.05, 3.63) is 89.6 Å². The van der Waals surface area contributed by atoms with Crippen LogP contribution in [-0.2, 0) is 11.2 Å². The van der Waals surface area contributed by atoms with Crippen LogP contribution in [-0.4, -0.2) is 44.4 Å². The Morgan fingerprint density at radius 2 is 1.84 bits per heavy atom. The second kappa shape index (κ2) is 10.6. The van der Waals surface area contributed by atoms with Crippen molar-refractivity contribution >= 4 is 28.4 Å². The smallest absolute Gasteiger partial charge is 0.246 e. The molecule has 0 radical (unpaired) electrons. The minimum Gasteiger partial charge on any atom is -0.398 e. The molecule has 0 saturated carbocycles. The van der Waals surface area contributed by atoms with E-state index in [0.29, 0.717) is 25.1 Å². The number of nitrogens with two attached hydrogens (primary N) is 1. The lowest BCUT2D eigenvalue weighted by Gasteiger charge is -2.32. The Labute approximate surface area is 223 Å². The normalized spacial score (nSPS) is 15.5. The molecule has 2 aromatic heterocycles. The summed E-state index contributed by atoms with van der Waals surface area (Å²) in [6.07, 6.45) is 5.98. The number of carbonyl (C=O) groups is 2. The first-order chi connectivity index (χ1) is 18.4. The van der Waals surface area contributed by atoms with E-state index in [9.17, 15) is 9.59 Å². The van der Waals surface area contributed by atoms with Crippen LogP contribution < -0.4 is 5.73 Å². The van der Waals surface area contributed by atoms with Crippen molar-refractivity contribution in [3.8, 4) is 11.3 Å². The molecule has 1 atom stereocenters. The highest BCUT2D eigenvalue weighted by atomic mass is 16.2. The number of hydrogen-bond acceptors (Lipinski definition) is 5. The number of likely N-dealkylation sites (tertiary alicyclic amines) is 1. The van der Waals surface area contributed by atoms with Crippen LogP contribution in [0.4, 0.5) is 5.69 Å².